The molecular weight excluding hydrogens is 286 g/mol. The maximum atomic E-state index is 13.6. The highest BCUT2D eigenvalue weighted by Crippen LogP contribution is 2.35. The van der Waals surface area contributed by atoms with Crippen molar-refractivity contribution in [2.45, 2.75) is 6.36 Å². The lowest BCUT2D eigenvalue weighted by Crippen LogP contribution is -2.17. The first-order chi connectivity index (χ1) is 8.87. The van der Waals surface area contributed by atoms with Gasteiger partial charge in [0, 0.05) is 17.3 Å². The molecule has 0 atom stereocenters. The molecule has 0 bridgehead atoms. The molecule has 0 fully saturated rings. The van der Waals surface area contributed by atoms with Crippen LogP contribution in [-0.4, -0.2) is 11.3 Å². The summed E-state index contributed by atoms with van der Waals surface area (Å²) in [5.74, 6) is -1.44. The third-order valence-electron chi connectivity index (χ3n) is 2.21. The summed E-state index contributed by atoms with van der Waals surface area (Å²) < 4.78 is 54.2. The first kappa shape index (κ1) is 13.6. The van der Waals surface area contributed by atoms with Crippen molar-refractivity contribution in [1.29, 1.82) is 0 Å². The van der Waals surface area contributed by atoms with Crippen LogP contribution in [-0.2, 0) is 0 Å². The number of ether oxygens (including phenoxy) is 1. The fourth-order valence-corrected chi connectivity index (χ4v) is 1.67. The van der Waals surface area contributed by atoms with Gasteiger partial charge in [0.1, 0.15) is 5.75 Å². The average Bonchev–Trinajstić information content (AvgIpc) is 2.31. The lowest BCUT2D eigenvalue weighted by Gasteiger charge is -2.13. The van der Waals surface area contributed by atoms with Crippen LogP contribution in [0.5, 0.6) is 5.75 Å². The van der Waals surface area contributed by atoms with E-state index in [2.05, 4.69) is 9.72 Å². The molecule has 1 aromatic carbocycles. The lowest BCUT2D eigenvalue weighted by atomic mass is 10.1. The molecular formula is C12H6ClF4NO. The Balaban J connectivity index is 2.53. The molecule has 0 aliphatic heterocycles. The third kappa shape index (κ3) is 3.35. The maximum absolute atomic E-state index is 13.6. The summed E-state index contributed by atoms with van der Waals surface area (Å²) in [6.07, 6.45) is -3.80. The van der Waals surface area contributed by atoms with Crippen LogP contribution >= 0.6 is 11.6 Å². The molecule has 0 aliphatic rings. The zero-order chi connectivity index (χ0) is 14.0. The van der Waals surface area contributed by atoms with Gasteiger partial charge in [0.25, 0.3) is 0 Å². The molecule has 1 aromatic heterocycles. The van der Waals surface area contributed by atoms with Gasteiger partial charge in [-0.2, -0.15) is 4.39 Å². The number of benzene rings is 1. The van der Waals surface area contributed by atoms with Gasteiger partial charge in [-0.1, -0.05) is 29.8 Å². The Hall–Kier alpha value is -1.82. The number of nitrogens with zero attached hydrogens (tertiary/aromatic N) is 1. The Labute approximate surface area is 110 Å². The zero-order valence-electron chi connectivity index (χ0n) is 9.21. The maximum Gasteiger partial charge on any atom is 0.573 e. The van der Waals surface area contributed by atoms with E-state index in [9.17, 15) is 17.6 Å². The van der Waals surface area contributed by atoms with E-state index < -0.39 is 18.1 Å². The molecule has 100 valence electrons. The summed E-state index contributed by atoms with van der Waals surface area (Å²) in [4.78, 5) is 3.36. The van der Waals surface area contributed by atoms with E-state index in [1.54, 1.807) is 0 Å². The third-order valence-corrected chi connectivity index (χ3v) is 2.42. The quantitative estimate of drug-likeness (QED) is 0.603. The molecule has 0 saturated heterocycles. The van der Waals surface area contributed by atoms with Crippen molar-refractivity contribution in [3.05, 3.63) is 47.5 Å². The Morgan fingerprint density at radius 1 is 1.11 bits per heavy atom. The number of rotatable bonds is 2. The van der Waals surface area contributed by atoms with Crippen LogP contribution in [0.3, 0.4) is 0 Å². The smallest absolute Gasteiger partial charge is 0.405 e. The number of aromatic nitrogens is 1. The van der Waals surface area contributed by atoms with Crippen molar-refractivity contribution < 1.29 is 22.3 Å². The second-order valence-electron chi connectivity index (χ2n) is 3.54. The number of hydrogen-bond acceptors (Lipinski definition) is 2. The molecule has 1 heterocycles. The fraction of sp³-hybridized carbons (Fsp3) is 0.0833. The van der Waals surface area contributed by atoms with Gasteiger partial charge >= 0.3 is 6.36 Å². The minimum atomic E-state index is -4.86. The molecule has 0 N–H and O–H groups in total. The van der Waals surface area contributed by atoms with Gasteiger partial charge < -0.3 is 4.74 Å². The highest BCUT2D eigenvalue weighted by Gasteiger charge is 2.32. The highest BCUT2D eigenvalue weighted by molar-refractivity contribution is 6.30. The standard InChI is InChI=1S/C12H6ClF4NO/c13-7-5-9(11(14)18-6-7)8-3-1-2-4-10(8)19-12(15,16)17/h1-6H. The number of hydrogen-bond donors (Lipinski definition) is 0. The predicted molar refractivity (Wildman–Crippen MR) is 61.3 cm³/mol. The number of alkyl halides is 3. The first-order valence-electron chi connectivity index (χ1n) is 5.03. The molecule has 0 unspecified atom stereocenters. The van der Waals surface area contributed by atoms with Gasteiger partial charge in [-0.3, -0.25) is 0 Å². The predicted octanol–water partition coefficient (Wildman–Crippen LogP) is 4.44. The number of pyridine rings is 1. The number of halogens is 5. The Morgan fingerprint density at radius 2 is 1.79 bits per heavy atom. The molecule has 0 aliphatic carbocycles. The summed E-state index contributed by atoms with van der Waals surface area (Å²) >= 11 is 5.66. The topological polar surface area (TPSA) is 22.1 Å². The van der Waals surface area contributed by atoms with Crippen molar-refractivity contribution in [3.8, 4) is 16.9 Å². The summed E-state index contributed by atoms with van der Waals surface area (Å²) in [6.45, 7) is 0. The van der Waals surface area contributed by atoms with Crippen LogP contribution in [0, 0.1) is 5.95 Å². The van der Waals surface area contributed by atoms with Crippen LogP contribution in [0.15, 0.2) is 36.5 Å². The molecule has 2 nitrogen and oxygen atoms in total. The van der Waals surface area contributed by atoms with Crippen LogP contribution in [0.2, 0.25) is 5.02 Å². The fourth-order valence-electron chi connectivity index (χ4n) is 1.51. The van der Waals surface area contributed by atoms with E-state index in [0.29, 0.717) is 0 Å². The van der Waals surface area contributed by atoms with Gasteiger partial charge in [-0.15, -0.1) is 13.2 Å². The summed E-state index contributed by atoms with van der Waals surface area (Å²) in [7, 11) is 0. The molecule has 0 saturated carbocycles. The molecule has 19 heavy (non-hydrogen) atoms. The van der Waals surface area contributed by atoms with Crippen molar-refractivity contribution in [1.82, 2.24) is 4.98 Å². The van der Waals surface area contributed by atoms with Crippen LogP contribution in [0.25, 0.3) is 11.1 Å². The van der Waals surface area contributed by atoms with Crippen molar-refractivity contribution in [3.63, 3.8) is 0 Å². The molecule has 0 amide bonds. The van der Waals surface area contributed by atoms with E-state index in [1.165, 1.54) is 24.3 Å². The second kappa shape index (κ2) is 5.05. The van der Waals surface area contributed by atoms with Crippen molar-refractivity contribution in [2.24, 2.45) is 0 Å². The molecule has 0 radical (unpaired) electrons. The van der Waals surface area contributed by atoms with Crippen LogP contribution in [0.1, 0.15) is 0 Å². The average molecular weight is 292 g/mol. The van der Waals surface area contributed by atoms with Gasteiger partial charge in [0.05, 0.1) is 5.02 Å². The Bertz CT molecular complexity index is 601. The highest BCUT2D eigenvalue weighted by atomic mass is 35.5. The van der Waals surface area contributed by atoms with Crippen LogP contribution < -0.4 is 4.74 Å². The zero-order valence-corrected chi connectivity index (χ0v) is 9.97. The SMILES string of the molecule is Fc1ncc(Cl)cc1-c1ccccc1OC(F)(F)F. The minimum Gasteiger partial charge on any atom is -0.405 e. The Kier molecular flexibility index (Phi) is 3.61. The van der Waals surface area contributed by atoms with E-state index in [1.807, 2.05) is 0 Å². The lowest BCUT2D eigenvalue weighted by molar-refractivity contribution is -0.274. The minimum absolute atomic E-state index is 0.0766. The van der Waals surface area contributed by atoms with Gasteiger partial charge in [-0.05, 0) is 12.1 Å². The van der Waals surface area contributed by atoms with Gasteiger partial charge in [-0.25, -0.2) is 4.98 Å². The summed E-state index contributed by atoms with van der Waals surface area (Å²) in [6, 6.07) is 6.36. The monoisotopic (exact) mass is 291 g/mol. The molecule has 7 heteroatoms. The van der Waals surface area contributed by atoms with Gasteiger partial charge in [0.15, 0.2) is 0 Å². The Morgan fingerprint density at radius 3 is 2.47 bits per heavy atom. The largest absolute Gasteiger partial charge is 0.573 e. The normalized spacial score (nSPS) is 11.4. The van der Waals surface area contributed by atoms with E-state index in [4.69, 9.17) is 11.6 Å². The molecule has 2 aromatic rings. The summed E-state index contributed by atoms with van der Waals surface area (Å²) in [5.41, 5.74) is -0.236. The first-order valence-corrected chi connectivity index (χ1v) is 5.41. The molecule has 2 rings (SSSR count). The summed E-state index contributed by atoms with van der Waals surface area (Å²) in [5, 5.41) is 0.109. The number of para-hydroxylation sites is 1. The van der Waals surface area contributed by atoms with Crippen molar-refractivity contribution >= 4 is 11.6 Å². The van der Waals surface area contributed by atoms with Crippen LogP contribution in [0.4, 0.5) is 17.6 Å². The van der Waals surface area contributed by atoms with E-state index in [-0.39, 0.29) is 16.1 Å². The van der Waals surface area contributed by atoms with E-state index >= 15 is 0 Å². The van der Waals surface area contributed by atoms with Gasteiger partial charge in [0.2, 0.25) is 5.95 Å². The van der Waals surface area contributed by atoms with E-state index in [0.717, 1.165) is 12.3 Å². The molecule has 0 spiro atoms. The van der Waals surface area contributed by atoms with Crippen molar-refractivity contribution in [2.75, 3.05) is 0 Å². The second-order valence-corrected chi connectivity index (χ2v) is 3.97.